The van der Waals surface area contributed by atoms with Gasteiger partial charge in [-0.25, -0.2) is 0 Å². The number of pyridine rings is 1. The number of hydrogen-bond acceptors (Lipinski definition) is 3. The first kappa shape index (κ1) is 9.58. The highest BCUT2D eigenvalue weighted by molar-refractivity contribution is 6.03. The maximum absolute atomic E-state index is 11.3. The Labute approximate surface area is 76.8 Å². The van der Waals surface area contributed by atoms with Gasteiger partial charge in [0.05, 0.1) is 6.42 Å². The van der Waals surface area contributed by atoms with E-state index in [4.69, 9.17) is 0 Å². The topological polar surface area (TPSA) is 47.0 Å². The molecule has 0 fully saturated rings. The van der Waals surface area contributed by atoms with Crippen molar-refractivity contribution in [2.45, 2.75) is 20.3 Å². The van der Waals surface area contributed by atoms with Gasteiger partial charge in [-0.1, -0.05) is 0 Å². The first-order valence-electron chi connectivity index (χ1n) is 4.05. The van der Waals surface area contributed by atoms with Crippen LogP contribution in [0.5, 0.6) is 0 Å². The molecule has 0 spiro atoms. The molecule has 68 valence electrons. The molecule has 0 unspecified atom stereocenters. The van der Waals surface area contributed by atoms with E-state index in [2.05, 4.69) is 4.98 Å². The quantitative estimate of drug-likeness (QED) is 0.399. The lowest BCUT2D eigenvalue weighted by molar-refractivity contribution is -0.107. The number of aryl methyl sites for hydroxylation is 2. The van der Waals surface area contributed by atoms with Gasteiger partial charge >= 0.3 is 0 Å². The molecule has 0 aromatic carbocycles. The fraction of sp³-hybridized carbons (Fsp3) is 0.300. The SMILES string of the molecule is Cc1cc(C)c(C(=O)CC=O)cn1. The molecule has 13 heavy (non-hydrogen) atoms. The summed E-state index contributed by atoms with van der Waals surface area (Å²) in [4.78, 5) is 25.4. The highest BCUT2D eigenvalue weighted by Gasteiger charge is 2.08. The standard InChI is InChI=1S/C10H11NO2/c1-7-5-8(2)11-6-9(7)10(13)3-4-12/h4-6H,3H2,1-2H3. The zero-order chi connectivity index (χ0) is 9.84. The summed E-state index contributed by atoms with van der Waals surface area (Å²) in [5, 5.41) is 0. The number of Topliss-reactive ketones (excluding diaryl/α,β-unsaturated/α-hetero) is 1. The van der Waals surface area contributed by atoms with Crippen molar-refractivity contribution in [1.29, 1.82) is 0 Å². The summed E-state index contributed by atoms with van der Waals surface area (Å²) < 4.78 is 0. The Kier molecular flexibility index (Phi) is 2.90. The largest absolute Gasteiger partial charge is 0.303 e. The lowest BCUT2D eigenvalue weighted by Crippen LogP contribution is -2.03. The van der Waals surface area contributed by atoms with Crippen molar-refractivity contribution in [2.24, 2.45) is 0 Å². The van der Waals surface area contributed by atoms with Crippen LogP contribution in [0.15, 0.2) is 12.3 Å². The van der Waals surface area contributed by atoms with Gasteiger partial charge in [-0.2, -0.15) is 0 Å². The van der Waals surface area contributed by atoms with Gasteiger partial charge < -0.3 is 4.79 Å². The minimum Gasteiger partial charge on any atom is -0.303 e. The molecule has 0 amide bonds. The molecule has 0 aliphatic carbocycles. The van der Waals surface area contributed by atoms with E-state index in [-0.39, 0.29) is 12.2 Å². The van der Waals surface area contributed by atoms with Gasteiger partial charge in [-0.05, 0) is 25.5 Å². The Morgan fingerprint density at radius 1 is 1.54 bits per heavy atom. The summed E-state index contributed by atoms with van der Waals surface area (Å²) in [6.07, 6.45) is 2.07. The predicted molar refractivity (Wildman–Crippen MR) is 48.7 cm³/mol. The Morgan fingerprint density at radius 3 is 2.77 bits per heavy atom. The van der Waals surface area contributed by atoms with Crippen molar-refractivity contribution in [3.8, 4) is 0 Å². The Bertz CT molecular complexity index is 345. The van der Waals surface area contributed by atoms with Gasteiger partial charge in [-0.3, -0.25) is 9.78 Å². The summed E-state index contributed by atoms with van der Waals surface area (Å²) in [5.41, 5.74) is 2.29. The molecule has 0 saturated carbocycles. The number of nitrogens with zero attached hydrogens (tertiary/aromatic N) is 1. The van der Waals surface area contributed by atoms with Crippen LogP contribution in [-0.2, 0) is 4.79 Å². The van der Waals surface area contributed by atoms with Crippen molar-refractivity contribution in [1.82, 2.24) is 4.98 Å². The highest BCUT2D eigenvalue weighted by Crippen LogP contribution is 2.09. The molecule has 0 radical (unpaired) electrons. The molecule has 3 heteroatoms. The van der Waals surface area contributed by atoms with Crippen molar-refractivity contribution in [3.63, 3.8) is 0 Å². The lowest BCUT2D eigenvalue weighted by Gasteiger charge is -2.02. The van der Waals surface area contributed by atoms with E-state index in [1.165, 1.54) is 6.20 Å². The predicted octanol–water partition coefficient (Wildman–Crippen LogP) is 1.47. The second-order valence-corrected chi connectivity index (χ2v) is 2.93. The first-order valence-corrected chi connectivity index (χ1v) is 4.05. The molecular formula is C10H11NO2. The van der Waals surface area contributed by atoms with Crippen LogP contribution in [0.1, 0.15) is 28.0 Å². The smallest absolute Gasteiger partial charge is 0.171 e. The number of aldehydes is 1. The van der Waals surface area contributed by atoms with Gasteiger partial charge in [0, 0.05) is 17.5 Å². The summed E-state index contributed by atoms with van der Waals surface area (Å²) >= 11 is 0. The number of carbonyl (C=O) groups is 2. The van der Waals surface area contributed by atoms with E-state index < -0.39 is 0 Å². The van der Waals surface area contributed by atoms with Crippen molar-refractivity contribution in [3.05, 3.63) is 29.1 Å². The maximum Gasteiger partial charge on any atom is 0.171 e. The second kappa shape index (κ2) is 3.94. The fourth-order valence-corrected chi connectivity index (χ4v) is 1.17. The second-order valence-electron chi connectivity index (χ2n) is 2.93. The third kappa shape index (κ3) is 2.21. The van der Waals surface area contributed by atoms with Crippen LogP contribution in [0, 0.1) is 13.8 Å². The zero-order valence-electron chi connectivity index (χ0n) is 7.70. The molecule has 0 saturated heterocycles. The van der Waals surface area contributed by atoms with Crippen molar-refractivity contribution in [2.75, 3.05) is 0 Å². The van der Waals surface area contributed by atoms with E-state index in [1.807, 2.05) is 19.9 Å². The number of carbonyl (C=O) groups excluding carboxylic acids is 2. The Morgan fingerprint density at radius 2 is 2.23 bits per heavy atom. The summed E-state index contributed by atoms with van der Waals surface area (Å²) in [6.45, 7) is 3.70. The lowest BCUT2D eigenvalue weighted by atomic mass is 10.1. The molecule has 0 bridgehead atoms. The van der Waals surface area contributed by atoms with E-state index in [0.29, 0.717) is 11.8 Å². The van der Waals surface area contributed by atoms with E-state index in [0.717, 1.165) is 11.3 Å². The molecule has 0 atom stereocenters. The van der Waals surface area contributed by atoms with Gasteiger partial charge in [-0.15, -0.1) is 0 Å². The number of ketones is 1. The van der Waals surface area contributed by atoms with Crippen molar-refractivity contribution < 1.29 is 9.59 Å². The summed E-state index contributed by atoms with van der Waals surface area (Å²) in [6, 6.07) is 1.83. The third-order valence-electron chi connectivity index (χ3n) is 1.82. The highest BCUT2D eigenvalue weighted by atomic mass is 16.1. The summed E-state index contributed by atoms with van der Waals surface area (Å²) in [7, 11) is 0. The van der Waals surface area contributed by atoms with Gasteiger partial charge in [0.25, 0.3) is 0 Å². The van der Waals surface area contributed by atoms with Crippen LogP contribution in [0.25, 0.3) is 0 Å². The average molecular weight is 177 g/mol. The molecule has 1 rings (SSSR count). The van der Waals surface area contributed by atoms with Gasteiger partial charge in [0.2, 0.25) is 0 Å². The van der Waals surface area contributed by atoms with Crippen LogP contribution in [0.4, 0.5) is 0 Å². The minimum atomic E-state index is -0.167. The molecular weight excluding hydrogens is 166 g/mol. The third-order valence-corrected chi connectivity index (χ3v) is 1.82. The summed E-state index contributed by atoms with van der Waals surface area (Å²) in [5.74, 6) is -0.167. The normalized spacial score (nSPS) is 9.69. The Balaban J connectivity index is 3.01. The van der Waals surface area contributed by atoms with Crippen LogP contribution in [-0.4, -0.2) is 17.1 Å². The number of hydrogen-bond donors (Lipinski definition) is 0. The first-order chi connectivity index (χ1) is 6.15. The van der Waals surface area contributed by atoms with E-state index in [1.54, 1.807) is 0 Å². The van der Waals surface area contributed by atoms with Crippen LogP contribution < -0.4 is 0 Å². The Hall–Kier alpha value is -1.51. The average Bonchev–Trinajstić information content (AvgIpc) is 2.04. The van der Waals surface area contributed by atoms with E-state index in [9.17, 15) is 9.59 Å². The van der Waals surface area contributed by atoms with Crippen molar-refractivity contribution >= 4 is 12.1 Å². The van der Waals surface area contributed by atoms with E-state index >= 15 is 0 Å². The fourth-order valence-electron chi connectivity index (χ4n) is 1.17. The number of rotatable bonds is 3. The monoisotopic (exact) mass is 177 g/mol. The molecule has 0 aliphatic heterocycles. The van der Waals surface area contributed by atoms with Gasteiger partial charge in [0.15, 0.2) is 5.78 Å². The number of aromatic nitrogens is 1. The molecule has 3 nitrogen and oxygen atoms in total. The van der Waals surface area contributed by atoms with Crippen LogP contribution >= 0.6 is 0 Å². The van der Waals surface area contributed by atoms with Crippen LogP contribution in [0.2, 0.25) is 0 Å². The zero-order valence-corrected chi connectivity index (χ0v) is 7.70. The maximum atomic E-state index is 11.3. The molecule has 1 aromatic rings. The molecule has 1 heterocycles. The minimum absolute atomic E-state index is 0.0639. The van der Waals surface area contributed by atoms with Gasteiger partial charge in [0.1, 0.15) is 6.29 Å². The molecule has 0 aliphatic rings. The molecule has 1 aromatic heterocycles. The molecule has 0 N–H and O–H groups in total. The van der Waals surface area contributed by atoms with Crippen LogP contribution in [0.3, 0.4) is 0 Å².